The molecule has 1 fully saturated rings. The van der Waals surface area contributed by atoms with Crippen LogP contribution in [0.4, 0.5) is 19.2 Å². The fraction of sp³-hybridized carbons (Fsp3) is 0.476. The Morgan fingerprint density at radius 3 is 2.29 bits per heavy atom. The Bertz CT molecular complexity index is 1160. The van der Waals surface area contributed by atoms with Gasteiger partial charge >= 0.3 is 33.6 Å². The monoisotopic (exact) mass is 578 g/mol. The first-order valence-corrected chi connectivity index (χ1v) is 13.3. The molecule has 0 aromatic heterocycles. The maximum absolute atomic E-state index is 12.5. The Labute approximate surface area is 222 Å². The zero-order valence-corrected chi connectivity index (χ0v) is 22.3. The van der Waals surface area contributed by atoms with Crippen molar-refractivity contribution in [2.45, 2.75) is 58.2 Å². The van der Waals surface area contributed by atoms with Gasteiger partial charge in [0, 0.05) is 10.7 Å². The number of hydrogen-bond acceptors (Lipinski definition) is 11. The molecule has 3 N–H and O–H groups in total. The van der Waals surface area contributed by atoms with E-state index in [2.05, 4.69) is 10.6 Å². The molecule has 1 unspecified atom stereocenters. The molecule has 0 radical (unpaired) electrons. The predicted molar refractivity (Wildman–Crippen MR) is 129 cm³/mol. The number of β-lactam (4-membered cyclic amide) rings is 1. The Hall–Kier alpha value is -3.79. The van der Waals surface area contributed by atoms with E-state index in [-0.39, 0.29) is 6.61 Å². The minimum absolute atomic E-state index is 0.127. The molecule has 0 aliphatic carbocycles. The maximum Gasteiger partial charge on any atom is 0.510 e. The van der Waals surface area contributed by atoms with Crippen molar-refractivity contribution in [2.75, 3.05) is 6.61 Å². The maximum atomic E-state index is 12.5. The van der Waals surface area contributed by atoms with Gasteiger partial charge in [-0.05, 0) is 33.3 Å². The second kappa shape index (κ2) is 12.6. The van der Waals surface area contributed by atoms with Crippen molar-refractivity contribution in [1.82, 2.24) is 20.3 Å². The van der Waals surface area contributed by atoms with Gasteiger partial charge in [0.2, 0.25) is 0 Å². The molecule has 5 amide bonds. The van der Waals surface area contributed by atoms with Gasteiger partial charge in [-0.2, -0.15) is 8.42 Å². The van der Waals surface area contributed by atoms with Crippen LogP contribution in [0.2, 0.25) is 0 Å². The van der Waals surface area contributed by atoms with Crippen LogP contribution in [0.15, 0.2) is 30.3 Å². The molecule has 0 spiro atoms. The molecule has 1 aliphatic heterocycles. The van der Waals surface area contributed by atoms with Gasteiger partial charge in [-0.25, -0.2) is 23.9 Å². The Morgan fingerprint density at radius 1 is 1.08 bits per heavy atom. The van der Waals surface area contributed by atoms with Gasteiger partial charge in [0.25, 0.3) is 5.91 Å². The average Bonchev–Trinajstić information content (AvgIpc) is 2.76. The summed E-state index contributed by atoms with van der Waals surface area (Å²) in [5.41, 5.74) is -0.140. The summed E-state index contributed by atoms with van der Waals surface area (Å²) in [6.07, 6.45) is -4.41. The van der Waals surface area contributed by atoms with Crippen LogP contribution in [-0.4, -0.2) is 74.1 Å². The summed E-state index contributed by atoms with van der Waals surface area (Å²) >= 11 is 0. The van der Waals surface area contributed by atoms with Crippen molar-refractivity contribution < 1.29 is 51.3 Å². The zero-order chi connectivity index (χ0) is 28.7. The molecule has 1 aromatic rings. The minimum atomic E-state index is -4.56. The fourth-order valence-electron chi connectivity index (χ4n) is 3.00. The molecule has 17 heteroatoms. The first-order valence-electron chi connectivity index (χ1n) is 11.0. The van der Waals surface area contributed by atoms with Crippen LogP contribution in [0, 0.1) is 0 Å². The van der Waals surface area contributed by atoms with Crippen LogP contribution in [0.5, 0.6) is 0 Å². The van der Waals surface area contributed by atoms with Crippen LogP contribution < -0.4 is 15.4 Å². The molecule has 1 heterocycles. The first kappa shape index (κ1) is 30.4. The quantitative estimate of drug-likeness (QED) is 0.133. The lowest BCUT2D eigenvalue weighted by Crippen LogP contribution is -2.74. The number of imide groups is 1. The molecule has 3 atom stereocenters. The van der Waals surface area contributed by atoms with E-state index in [1.165, 1.54) is 11.6 Å². The topological polar surface area (TPSA) is 196 Å². The molecule has 1 saturated heterocycles. The highest BCUT2D eigenvalue weighted by atomic mass is 35.7. The molecular formula is C21H27ClN4O11S. The second-order valence-electron chi connectivity index (χ2n) is 8.77. The third kappa shape index (κ3) is 9.93. The van der Waals surface area contributed by atoms with E-state index in [0.717, 1.165) is 0 Å². The molecule has 1 aromatic carbocycles. The van der Waals surface area contributed by atoms with E-state index in [9.17, 15) is 32.4 Å². The summed E-state index contributed by atoms with van der Waals surface area (Å²) in [4.78, 5) is 61.1. The Morgan fingerprint density at radius 2 is 1.71 bits per heavy atom. The van der Waals surface area contributed by atoms with Crippen molar-refractivity contribution in [3.8, 4) is 0 Å². The Kier molecular flexibility index (Phi) is 10.1. The van der Waals surface area contributed by atoms with Gasteiger partial charge in [0.15, 0.2) is 6.23 Å². The molecule has 0 bridgehead atoms. The number of likely N-dealkylation sites (tertiary alicyclic amines) is 1. The highest BCUT2D eigenvalue weighted by Gasteiger charge is 2.53. The highest BCUT2D eigenvalue weighted by Crippen LogP contribution is 2.22. The zero-order valence-electron chi connectivity index (χ0n) is 20.8. The van der Waals surface area contributed by atoms with Crippen LogP contribution in [0.25, 0.3) is 0 Å². The van der Waals surface area contributed by atoms with Gasteiger partial charge in [-0.1, -0.05) is 30.3 Å². The molecule has 0 saturated carbocycles. The summed E-state index contributed by atoms with van der Waals surface area (Å²) in [6, 6.07) is 4.39. The number of benzene rings is 1. The largest absolute Gasteiger partial charge is 0.510 e. The number of nitrogens with one attached hydrogen (secondary N) is 3. The number of alkyl carbamates (subject to hydrolysis) is 2. The van der Waals surface area contributed by atoms with E-state index in [1.54, 1.807) is 51.1 Å². The van der Waals surface area contributed by atoms with Crippen molar-refractivity contribution in [3.05, 3.63) is 35.9 Å². The van der Waals surface area contributed by atoms with Crippen molar-refractivity contribution in [1.29, 1.82) is 0 Å². The van der Waals surface area contributed by atoms with Gasteiger partial charge in [0.1, 0.15) is 30.9 Å². The molecule has 210 valence electrons. The molecule has 38 heavy (non-hydrogen) atoms. The van der Waals surface area contributed by atoms with Crippen molar-refractivity contribution in [3.63, 3.8) is 0 Å². The van der Waals surface area contributed by atoms with Gasteiger partial charge in [-0.15, -0.1) is 0 Å². The number of urea groups is 1. The second-order valence-corrected chi connectivity index (χ2v) is 11.1. The number of nitrogens with zero attached hydrogens (tertiary/aromatic N) is 1. The lowest BCUT2D eigenvalue weighted by Gasteiger charge is -2.44. The predicted octanol–water partition coefficient (Wildman–Crippen LogP) is 1.71. The number of rotatable bonds is 8. The molecule has 1 aliphatic rings. The van der Waals surface area contributed by atoms with Crippen molar-refractivity contribution >= 4 is 50.2 Å². The average molecular weight is 579 g/mol. The summed E-state index contributed by atoms with van der Waals surface area (Å²) in [5.74, 6) is -1.03. The van der Waals surface area contributed by atoms with E-state index in [1.807, 2.05) is 0 Å². The van der Waals surface area contributed by atoms with Gasteiger partial charge in [0.05, 0.1) is 0 Å². The number of amides is 5. The van der Waals surface area contributed by atoms with E-state index >= 15 is 0 Å². The summed E-state index contributed by atoms with van der Waals surface area (Å²) in [6.45, 7) is 5.35. The van der Waals surface area contributed by atoms with E-state index < -0.39 is 70.0 Å². The number of hydrogen-bond donors (Lipinski definition) is 3. The lowest BCUT2D eigenvalue weighted by atomic mass is 9.96. The number of carbonyl (C=O) groups excluding carboxylic acids is 5. The smallest absolute Gasteiger partial charge is 0.445 e. The fourth-order valence-corrected chi connectivity index (χ4v) is 3.51. The van der Waals surface area contributed by atoms with E-state index in [4.69, 9.17) is 29.6 Å². The third-order valence-electron chi connectivity index (χ3n) is 4.50. The minimum Gasteiger partial charge on any atom is -0.445 e. The van der Waals surface area contributed by atoms with Crippen LogP contribution >= 0.6 is 10.7 Å². The molecular weight excluding hydrogens is 552 g/mol. The van der Waals surface area contributed by atoms with Crippen LogP contribution in [0.3, 0.4) is 0 Å². The molecule has 2 rings (SSSR count). The number of ether oxygens (including phenoxy) is 4. The van der Waals surface area contributed by atoms with E-state index in [0.29, 0.717) is 10.5 Å². The highest BCUT2D eigenvalue weighted by molar-refractivity contribution is 8.12. The van der Waals surface area contributed by atoms with Crippen LogP contribution in [0.1, 0.15) is 33.3 Å². The normalized spacial score (nSPS) is 17.8. The summed E-state index contributed by atoms with van der Waals surface area (Å²) in [5, 5.41) is 4.46. The summed E-state index contributed by atoms with van der Waals surface area (Å²) in [7, 11) is 0.437. The van der Waals surface area contributed by atoms with Gasteiger partial charge in [-0.3, -0.25) is 15.0 Å². The van der Waals surface area contributed by atoms with Crippen LogP contribution in [-0.2, 0) is 39.6 Å². The first-order chi connectivity index (χ1) is 17.6. The van der Waals surface area contributed by atoms with Gasteiger partial charge < -0.3 is 24.3 Å². The standard InChI is InChI=1S/C21H27ClN4O11S/c1-12(23-19(30)37-21(2,3)4)36-20(31)35-11-14-15(16(27)26(14)17(28)25-38(22,32)33)24-18(29)34-10-13-8-6-5-7-9-13/h5-9,12,14-15H,10-11H2,1-4H3,(H,23,30)(H,24,29)(H,25,28)/t12?,14-,15+/m0/s1. The number of halogens is 1. The summed E-state index contributed by atoms with van der Waals surface area (Å²) < 4.78 is 43.6. The third-order valence-corrected chi connectivity index (χ3v) is 5.15. The van der Waals surface area contributed by atoms with Crippen molar-refractivity contribution in [2.24, 2.45) is 0 Å². The lowest BCUT2D eigenvalue weighted by molar-refractivity contribution is -0.147. The number of carbonyl (C=O) groups is 5. The SMILES string of the molecule is CC(NC(=O)OC(C)(C)C)OC(=O)OC[C@H]1[C@@H](NC(=O)OCc2ccccc2)C(=O)N1C(=O)NS(=O)(=O)Cl. The Balaban J connectivity index is 1.98. The molecule has 15 nitrogen and oxygen atoms in total.